The van der Waals surface area contributed by atoms with Gasteiger partial charge in [0.25, 0.3) is 0 Å². The molecule has 0 amide bonds. The summed E-state index contributed by atoms with van der Waals surface area (Å²) in [6.07, 6.45) is -0.701. The second kappa shape index (κ2) is 7.69. The molecule has 1 saturated heterocycles. The highest BCUT2D eigenvalue weighted by Crippen LogP contribution is 2.37. The van der Waals surface area contributed by atoms with E-state index in [2.05, 4.69) is 15.0 Å². The average Bonchev–Trinajstić information content (AvgIpc) is 3.35. The molecular formula is C22H20FN5O3. The Kier molecular flexibility index (Phi) is 4.85. The number of imidazole rings is 1. The summed E-state index contributed by atoms with van der Waals surface area (Å²) >= 11 is 0. The third-order valence-electron chi connectivity index (χ3n) is 5.49. The van der Waals surface area contributed by atoms with Crippen LogP contribution in [0.25, 0.3) is 33.7 Å². The van der Waals surface area contributed by atoms with Gasteiger partial charge in [-0.2, -0.15) is 0 Å². The van der Waals surface area contributed by atoms with Crippen molar-refractivity contribution >= 4 is 17.0 Å². The molecule has 1 aliphatic heterocycles. The van der Waals surface area contributed by atoms with Crippen LogP contribution in [0.2, 0.25) is 0 Å². The smallest absolute Gasteiger partial charge is 0.168 e. The summed E-state index contributed by atoms with van der Waals surface area (Å²) in [5.74, 6) is 0.169. The number of aliphatic hydroxyl groups excluding tert-OH is 2. The quantitative estimate of drug-likeness (QED) is 0.463. The summed E-state index contributed by atoms with van der Waals surface area (Å²) in [6.45, 7) is -0.322. The molecule has 3 heterocycles. The van der Waals surface area contributed by atoms with Crippen LogP contribution in [0.4, 0.5) is 10.2 Å². The highest BCUT2D eigenvalue weighted by molar-refractivity contribution is 5.85. The van der Waals surface area contributed by atoms with Gasteiger partial charge in [0, 0.05) is 17.5 Å². The van der Waals surface area contributed by atoms with Crippen molar-refractivity contribution in [3.63, 3.8) is 0 Å². The lowest BCUT2D eigenvalue weighted by molar-refractivity contribution is -0.0426. The summed E-state index contributed by atoms with van der Waals surface area (Å²) < 4.78 is 22.5. The van der Waals surface area contributed by atoms with Crippen molar-refractivity contribution in [2.75, 3.05) is 12.3 Å². The van der Waals surface area contributed by atoms with E-state index >= 15 is 4.39 Å². The molecule has 8 nitrogen and oxygen atoms in total. The van der Waals surface area contributed by atoms with Gasteiger partial charge in [-0.3, -0.25) is 4.57 Å². The molecule has 0 radical (unpaired) electrons. The minimum absolute atomic E-state index is 0.184. The number of halogens is 1. The van der Waals surface area contributed by atoms with E-state index in [0.29, 0.717) is 28.1 Å². The van der Waals surface area contributed by atoms with Gasteiger partial charge in [-0.25, -0.2) is 19.3 Å². The van der Waals surface area contributed by atoms with E-state index in [9.17, 15) is 10.2 Å². The number of nitrogens with two attached hydrogens (primary N) is 1. The molecule has 0 spiro atoms. The fourth-order valence-electron chi connectivity index (χ4n) is 3.95. The maximum atomic E-state index is 15.0. The zero-order valence-corrected chi connectivity index (χ0v) is 16.4. The van der Waals surface area contributed by atoms with E-state index in [-0.39, 0.29) is 18.8 Å². The fraction of sp³-hybridized carbons (Fsp3) is 0.227. The molecule has 31 heavy (non-hydrogen) atoms. The number of aliphatic hydroxyl groups is 2. The van der Waals surface area contributed by atoms with E-state index in [4.69, 9.17) is 10.5 Å². The molecule has 5 rings (SSSR count). The first-order chi connectivity index (χ1) is 15.1. The molecule has 4 aromatic rings. The van der Waals surface area contributed by atoms with Crippen LogP contribution in [-0.4, -0.2) is 48.5 Å². The minimum atomic E-state index is -0.850. The molecule has 2 aromatic carbocycles. The minimum Gasteiger partial charge on any atom is -0.394 e. The van der Waals surface area contributed by atoms with Gasteiger partial charge in [-0.1, -0.05) is 42.5 Å². The summed E-state index contributed by atoms with van der Waals surface area (Å²) in [7, 11) is 0. The van der Waals surface area contributed by atoms with Crippen molar-refractivity contribution in [2.45, 2.75) is 24.9 Å². The van der Waals surface area contributed by atoms with Gasteiger partial charge in [0.1, 0.15) is 30.3 Å². The van der Waals surface area contributed by atoms with E-state index in [1.165, 1.54) is 12.4 Å². The van der Waals surface area contributed by atoms with Crippen LogP contribution in [0, 0.1) is 5.82 Å². The highest BCUT2D eigenvalue weighted by Gasteiger charge is 2.37. The number of rotatable bonds is 4. The molecule has 2 aromatic heterocycles. The second-order valence-electron chi connectivity index (χ2n) is 7.41. The molecule has 0 aliphatic carbocycles. The van der Waals surface area contributed by atoms with E-state index < -0.39 is 24.3 Å². The number of hydrogen-bond donors (Lipinski definition) is 3. The second-order valence-corrected chi connectivity index (χ2v) is 7.41. The predicted octanol–water partition coefficient (Wildman–Crippen LogP) is 2.52. The first-order valence-electron chi connectivity index (χ1n) is 9.85. The Bertz CT molecular complexity index is 1250. The van der Waals surface area contributed by atoms with Crippen LogP contribution < -0.4 is 5.73 Å². The molecule has 1 aliphatic rings. The van der Waals surface area contributed by atoms with E-state index in [1.807, 2.05) is 30.3 Å². The van der Waals surface area contributed by atoms with Gasteiger partial charge in [-0.05, 0) is 11.6 Å². The first kappa shape index (κ1) is 19.6. The maximum Gasteiger partial charge on any atom is 0.168 e. The van der Waals surface area contributed by atoms with E-state index in [0.717, 1.165) is 5.56 Å². The molecule has 0 unspecified atom stereocenters. The molecule has 0 bridgehead atoms. The Morgan fingerprint density at radius 3 is 2.65 bits per heavy atom. The van der Waals surface area contributed by atoms with Crippen LogP contribution in [0.5, 0.6) is 0 Å². The van der Waals surface area contributed by atoms with Gasteiger partial charge in [0.05, 0.1) is 12.7 Å². The van der Waals surface area contributed by atoms with Crippen molar-refractivity contribution in [2.24, 2.45) is 0 Å². The number of aromatic nitrogens is 4. The van der Waals surface area contributed by atoms with Gasteiger partial charge < -0.3 is 20.7 Å². The van der Waals surface area contributed by atoms with Crippen LogP contribution in [-0.2, 0) is 4.74 Å². The number of nitrogens with zero attached hydrogens (tertiary/aromatic N) is 4. The van der Waals surface area contributed by atoms with Crippen molar-refractivity contribution in [3.8, 4) is 22.5 Å². The van der Waals surface area contributed by atoms with Gasteiger partial charge in [-0.15, -0.1) is 0 Å². The number of hydrogen-bond acceptors (Lipinski definition) is 7. The van der Waals surface area contributed by atoms with Crippen LogP contribution in [0.15, 0.2) is 54.9 Å². The SMILES string of the molecule is Nc1ncnc2c1nc(-c1ccc(-c3ccccc3)c(F)c1)n2[C@H]1C[C@H](O)[C@@H](CO)O1. The number of benzene rings is 2. The molecular weight excluding hydrogens is 401 g/mol. The fourth-order valence-corrected chi connectivity index (χ4v) is 3.95. The Hall–Kier alpha value is -3.40. The Morgan fingerprint density at radius 2 is 1.94 bits per heavy atom. The number of fused-ring (bicyclic) bond motifs is 1. The zero-order valence-electron chi connectivity index (χ0n) is 16.4. The maximum absolute atomic E-state index is 15.0. The number of anilines is 1. The lowest BCUT2D eigenvalue weighted by atomic mass is 10.0. The van der Waals surface area contributed by atoms with Crippen molar-refractivity contribution in [1.29, 1.82) is 0 Å². The van der Waals surface area contributed by atoms with Crippen LogP contribution >= 0.6 is 0 Å². The van der Waals surface area contributed by atoms with Gasteiger partial charge in [0.15, 0.2) is 17.0 Å². The summed E-state index contributed by atoms with van der Waals surface area (Å²) in [5, 5.41) is 19.7. The summed E-state index contributed by atoms with van der Waals surface area (Å²) in [5.41, 5.74) is 8.50. The van der Waals surface area contributed by atoms with Crippen molar-refractivity contribution in [3.05, 3.63) is 60.7 Å². The molecule has 9 heteroatoms. The normalized spacial score (nSPS) is 21.1. The molecule has 0 saturated carbocycles. The summed E-state index contributed by atoms with van der Waals surface area (Å²) in [6, 6.07) is 14.1. The van der Waals surface area contributed by atoms with Gasteiger partial charge in [0.2, 0.25) is 0 Å². The number of nitrogen functional groups attached to an aromatic ring is 1. The van der Waals surface area contributed by atoms with Crippen molar-refractivity contribution in [1.82, 2.24) is 19.5 Å². The average molecular weight is 421 g/mol. The zero-order chi connectivity index (χ0) is 21.5. The molecule has 1 fully saturated rings. The lowest BCUT2D eigenvalue weighted by Gasteiger charge is -2.17. The molecule has 4 N–H and O–H groups in total. The number of ether oxygens (including phenoxy) is 1. The molecule has 158 valence electrons. The van der Waals surface area contributed by atoms with E-state index in [1.54, 1.807) is 16.7 Å². The van der Waals surface area contributed by atoms with Crippen LogP contribution in [0.1, 0.15) is 12.6 Å². The van der Waals surface area contributed by atoms with Crippen molar-refractivity contribution < 1.29 is 19.3 Å². The third kappa shape index (κ3) is 3.32. The Balaban J connectivity index is 1.65. The topological polar surface area (TPSA) is 119 Å². The first-order valence-corrected chi connectivity index (χ1v) is 9.85. The highest BCUT2D eigenvalue weighted by atomic mass is 19.1. The lowest BCUT2D eigenvalue weighted by Crippen LogP contribution is -2.24. The Labute approximate surface area is 176 Å². The van der Waals surface area contributed by atoms with Gasteiger partial charge >= 0.3 is 0 Å². The largest absolute Gasteiger partial charge is 0.394 e. The molecule has 3 atom stereocenters. The van der Waals surface area contributed by atoms with Crippen LogP contribution in [0.3, 0.4) is 0 Å². The monoisotopic (exact) mass is 421 g/mol. The standard InChI is InChI=1S/C22H20FN5O3/c23-15-8-13(6-7-14(15)12-4-2-1-3-5-12)21-27-19-20(24)25-11-26-22(19)28(21)18-9-16(30)17(10-29)31-18/h1-8,11,16-18,29-30H,9-10H2,(H2,24,25,26)/t16-,17+,18+/m0/s1. The Morgan fingerprint density at radius 1 is 1.13 bits per heavy atom. The third-order valence-corrected chi connectivity index (χ3v) is 5.49. The predicted molar refractivity (Wildman–Crippen MR) is 112 cm³/mol. The summed E-state index contributed by atoms with van der Waals surface area (Å²) in [4.78, 5) is 12.8.